The van der Waals surface area contributed by atoms with E-state index >= 15 is 0 Å². The van der Waals surface area contributed by atoms with Crippen molar-refractivity contribution in [2.45, 2.75) is 6.92 Å². The van der Waals surface area contributed by atoms with Crippen molar-refractivity contribution in [3.63, 3.8) is 0 Å². The SMILES string of the molecule is Cc1ccc(NC(=O)COc2ccc(Cl)cc2)c(NC(=O)COc2ccc(Cl)cc2)c1. The average Bonchev–Trinajstić information content (AvgIpc) is 2.75. The largest absolute Gasteiger partial charge is 0.484 e. The molecule has 0 radical (unpaired) electrons. The Morgan fingerprint density at radius 3 is 1.65 bits per heavy atom. The van der Waals surface area contributed by atoms with Crippen molar-refractivity contribution in [1.29, 1.82) is 0 Å². The van der Waals surface area contributed by atoms with Crippen molar-refractivity contribution in [3.05, 3.63) is 82.3 Å². The van der Waals surface area contributed by atoms with Gasteiger partial charge in [0.05, 0.1) is 11.4 Å². The van der Waals surface area contributed by atoms with Gasteiger partial charge in [-0.2, -0.15) is 0 Å². The third kappa shape index (κ3) is 7.20. The molecule has 0 saturated carbocycles. The molecule has 3 aromatic rings. The maximum atomic E-state index is 12.3. The van der Waals surface area contributed by atoms with Gasteiger partial charge in [0.2, 0.25) is 0 Å². The molecule has 31 heavy (non-hydrogen) atoms. The Morgan fingerprint density at radius 2 is 1.16 bits per heavy atom. The molecule has 6 nitrogen and oxygen atoms in total. The van der Waals surface area contributed by atoms with Crippen molar-refractivity contribution >= 4 is 46.4 Å². The Bertz CT molecular complexity index is 1050. The molecule has 0 aliphatic heterocycles. The lowest BCUT2D eigenvalue weighted by molar-refractivity contribution is -0.119. The number of carbonyl (C=O) groups is 2. The van der Waals surface area contributed by atoms with Crippen LogP contribution in [0.5, 0.6) is 11.5 Å². The van der Waals surface area contributed by atoms with Gasteiger partial charge in [0.15, 0.2) is 13.2 Å². The van der Waals surface area contributed by atoms with Crippen LogP contribution in [0.1, 0.15) is 5.56 Å². The molecular weight excluding hydrogens is 439 g/mol. The molecule has 0 bridgehead atoms. The number of hydrogen-bond acceptors (Lipinski definition) is 4. The quantitative estimate of drug-likeness (QED) is 0.477. The number of halogens is 2. The second kappa shape index (κ2) is 10.7. The van der Waals surface area contributed by atoms with E-state index in [1.165, 1.54) is 0 Å². The first-order chi connectivity index (χ1) is 14.9. The van der Waals surface area contributed by atoms with Gasteiger partial charge in [0.1, 0.15) is 11.5 Å². The lowest BCUT2D eigenvalue weighted by atomic mass is 10.2. The normalized spacial score (nSPS) is 10.3. The van der Waals surface area contributed by atoms with Crippen molar-refractivity contribution in [2.75, 3.05) is 23.8 Å². The standard InChI is InChI=1S/C23H20Cl2N2O4/c1-15-2-11-20(26-22(28)13-30-18-7-3-16(24)4-8-18)21(12-15)27-23(29)14-31-19-9-5-17(25)6-10-19/h2-12H,13-14H2,1H3,(H,26,28)(H,27,29). The number of anilines is 2. The molecule has 2 amide bonds. The minimum atomic E-state index is -0.369. The van der Waals surface area contributed by atoms with Crippen molar-refractivity contribution in [2.24, 2.45) is 0 Å². The van der Waals surface area contributed by atoms with Crippen LogP contribution in [0.15, 0.2) is 66.7 Å². The molecule has 0 spiro atoms. The van der Waals surface area contributed by atoms with Crippen molar-refractivity contribution < 1.29 is 19.1 Å². The second-order valence-electron chi connectivity index (χ2n) is 6.63. The third-order valence-electron chi connectivity index (χ3n) is 4.09. The average molecular weight is 459 g/mol. The molecular formula is C23H20Cl2N2O4. The smallest absolute Gasteiger partial charge is 0.262 e. The fraction of sp³-hybridized carbons (Fsp3) is 0.130. The van der Waals surface area contributed by atoms with E-state index in [1.54, 1.807) is 60.7 Å². The topological polar surface area (TPSA) is 76.7 Å². The van der Waals surface area contributed by atoms with E-state index in [1.807, 2.05) is 13.0 Å². The van der Waals surface area contributed by atoms with Gasteiger partial charge in [0, 0.05) is 10.0 Å². The Hall–Kier alpha value is -3.22. The Morgan fingerprint density at radius 1 is 0.710 bits per heavy atom. The molecule has 8 heteroatoms. The van der Waals surface area contributed by atoms with Crippen LogP contribution < -0.4 is 20.1 Å². The number of rotatable bonds is 8. The highest BCUT2D eigenvalue weighted by molar-refractivity contribution is 6.30. The summed E-state index contributed by atoms with van der Waals surface area (Å²) in [6.45, 7) is 1.50. The van der Waals surface area contributed by atoms with Gasteiger partial charge in [-0.05, 0) is 73.2 Å². The van der Waals surface area contributed by atoms with Crippen LogP contribution in [0.2, 0.25) is 10.0 Å². The summed E-state index contributed by atoms with van der Waals surface area (Å²) in [4.78, 5) is 24.6. The molecule has 3 rings (SSSR count). The van der Waals surface area contributed by atoms with Gasteiger partial charge >= 0.3 is 0 Å². The highest BCUT2D eigenvalue weighted by Gasteiger charge is 2.12. The minimum absolute atomic E-state index is 0.192. The molecule has 0 heterocycles. The number of nitrogens with one attached hydrogen (secondary N) is 2. The molecule has 0 unspecified atom stereocenters. The summed E-state index contributed by atoms with van der Waals surface area (Å²) in [5.41, 5.74) is 1.84. The molecule has 0 fully saturated rings. The van der Waals surface area contributed by atoms with Crippen LogP contribution >= 0.6 is 23.2 Å². The van der Waals surface area contributed by atoms with Gasteiger partial charge in [-0.3, -0.25) is 9.59 Å². The summed E-state index contributed by atoms with van der Waals surface area (Å²) in [5.74, 6) is 0.313. The number of hydrogen-bond donors (Lipinski definition) is 2. The summed E-state index contributed by atoms with van der Waals surface area (Å²) >= 11 is 11.7. The van der Waals surface area contributed by atoms with Crippen molar-refractivity contribution in [3.8, 4) is 11.5 Å². The summed E-state index contributed by atoms with van der Waals surface area (Å²) < 4.78 is 10.9. The van der Waals surface area contributed by atoms with E-state index in [9.17, 15) is 9.59 Å². The van der Waals surface area contributed by atoms with Gasteiger partial charge in [0.25, 0.3) is 11.8 Å². The zero-order chi connectivity index (χ0) is 22.2. The first-order valence-corrected chi connectivity index (χ1v) is 10.1. The van der Waals surface area contributed by atoms with Gasteiger partial charge < -0.3 is 20.1 Å². The van der Waals surface area contributed by atoms with Crippen LogP contribution in [-0.4, -0.2) is 25.0 Å². The monoisotopic (exact) mass is 458 g/mol. The Labute approximate surface area is 190 Å². The minimum Gasteiger partial charge on any atom is -0.484 e. The molecule has 0 atom stereocenters. The number of ether oxygens (including phenoxy) is 2. The van der Waals surface area contributed by atoms with Crippen LogP contribution in [0.25, 0.3) is 0 Å². The zero-order valence-corrected chi connectivity index (χ0v) is 18.2. The number of amides is 2. The predicted molar refractivity (Wildman–Crippen MR) is 122 cm³/mol. The van der Waals surface area contributed by atoms with E-state index < -0.39 is 0 Å². The molecule has 3 aromatic carbocycles. The number of aryl methyl sites for hydroxylation is 1. The molecule has 2 N–H and O–H groups in total. The summed E-state index contributed by atoms with van der Waals surface area (Å²) in [7, 11) is 0. The van der Waals surface area contributed by atoms with E-state index in [4.69, 9.17) is 32.7 Å². The van der Waals surface area contributed by atoms with E-state index in [2.05, 4.69) is 10.6 Å². The zero-order valence-electron chi connectivity index (χ0n) is 16.7. The highest BCUT2D eigenvalue weighted by Crippen LogP contribution is 2.24. The van der Waals surface area contributed by atoms with E-state index in [-0.39, 0.29) is 25.0 Å². The highest BCUT2D eigenvalue weighted by atomic mass is 35.5. The second-order valence-corrected chi connectivity index (χ2v) is 7.50. The van der Waals surface area contributed by atoms with Gasteiger partial charge in [-0.25, -0.2) is 0 Å². The summed E-state index contributed by atoms with van der Waals surface area (Å²) in [6.07, 6.45) is 0. The lowest BCUT2D eigenvalue weighted by Crippen LogP contribution is -2.23. The first-order valence-electron chi connectivity index (χ1n) is 9.36. The lowest BCUT2D eigenvalue weighted by Gasteiger charge is -2.14. The van der Waals surface area contributed by atoms with Crippen LogP contribution in [0.4, 0.5) is 11.4 Å². The third-order valence-corrected chi connectivity index (χ3v) is 4.59. The molecule has 0 saturated heterocycles. The molecule has 0 aliphatic carbocycles. The maximum Gasteiger partial charge on any atom is 0.262 e. The molecule has 0 aliphatic rings. The van der Waals surface area contributed by atoms with E-state index in [0.29, 0.717) is 32.9 Å². The van der Waals surface area contributed by atoms with Crippen LogP contribution in [0.3, 0.4) is 0 Å². The predicted octanol–water partition coefficient (Wildman–Crippen LogP) is 5.34. The van der Waals surface area contributed by atoms with Gasteiger partial charge in [-0.15, -0.1) is 0 Å². The molecule has 0 aromatic heterocycles. The van der Waals surface area contributed by atoms with Gasteiger partial charge in [-0.1, -0.05) is 29.3 Å². The number of benzene rings is 3. The fourth-order valence-corrected chi connectivity index (χ4v) is 2.85. The Balaban J connectivity index is 1.57. The van der Waals surface area contributed by atoms with Crippen LogP contribution in [-0.2, 0) is 9.59 Å². The molecule has 160 valence electrons. The van der Waals surface area contributed by atoms with Crippen molar-refractivity contribution in [1.82, 2.24) is 0 Å². The summed E-state index contributed by atoms with van der Waals surface area (Å²) in [6, 6.07) is 18.7. The van der Waals surface area contributed by atoms with E-state index in [0.717, 1.165) is 5.56 Å². The number of carbonyl (C=O) groups excluding carboxylic acids is 2. The van der Waals surface area contributed by atoms with Crippen LogP contribution in [0, 0.1) is 6.92 Å². The summed E-state index contributed by atoms with van der Waals surface area (Å²) in [5, 5.41) is 6.66. The fourth-order valence-electron chi connectivity index (χ4n) is 2.60. The Kier molecular flexibility index (Phi) is 7.76. The maximum absolute atomic E-state index is 12.3. The first kappa shape index (κ1) is 22.5.